The summed E-state index contributed by atoms with van der Waals surface area (Å²) in [5, 5.41) is 7.31. The summed E-state index contributed by atoms with van der Waals surface area (Å²) in [7, 11) is 0. The van der Waals surface area contributed by atoms with E-state index < -0.39 is 5.91 Å². The first-order valence-electron chi connectivity index (χ1n) is 9.82. The predicted octanol–water partition coefficient (Wildman–Crippen LogP) is 2.64. The van der Waals surface area contributed by atoms with Crippen molar-refractivity contribution in [2.45, 2.75) is 20.0 Å². The van der Waals surface area contributed by atoms with Crippen LogP contribution in [0.15, 0.2) is 60.0 Å². The Morgan fingerprint density at radius 2 is 1.94 bits per heavy atom. The number of hydrogen-bond acceptors (Lipinski definition) is 6. The molecule has 9 nitrogen and oxygen atoms in total. The summed E-state index contributed by atoms with van der Waals surface area (Å²) in [4.78, 5) is 29.9. The number of fused-ring (bicyclic) bond motifs is 2. The Bertz CT molecular complexity index is 1330. The SMILES string of the molecule is CCn1cc(C(=O)Nc2ccc(Cn3cncn3)cc2)c(=O)c2cc3c(cc21)OCO3. The molecule has 0 aliphatic carbocycles. The fraction of sp³-hybridized carbons (Fsp3) is 0.182. The van der Waals surface area contributed by atoms with Crippen LogP contribution in [-0.2, 0) is 13.1 Å². The third kappa shape index (κ3) is 3.50. The van der Waals surface area contributed by atoms with E-state index in [0.29, 0.717) is 41.2 Å². The zero-order valence-electron chi connectivity index (χ0n) is 16.7. The van der Waals surface area contributed by atoms with Crippen molar-refractivity contribution in [1.82, 2.24) is 19.3 Å². The van der Waals surface area contributed by atoms with Crippen molar-refractivity contribution in [3.63, 3.8) is 0 Å². The lowest BCUT2D eigenvalue weighted by Gasteiger charge is -2.13. The molecule has 1 amide bonds. The highest BCUT2D eigenvalue weighted by molar-refractivity contribution is 6.06. The van der Waals surface area contributed by atoms with Gasteiger partial charge in [-0.05, 0) is 30.7 Å². The van der Waals surface area contributed by atoms with E-state index in [9.17, 15) is 9.59 Å². The van der Waals surface area contributed by atoms with E-state index in [2.05, 4.69) is 15.4 Å². The lowest BCUT2D eigenvalue weighted by Crippen LogP contribution is -2.23. The van der Waals surface area contributed by atoms with E-state index in [1.54, 1.807) is 41.5 Å². The van der Waals surface area contributed by atoms with Crippen LogP contribution in [0.4, 0.5) is 5.69 Å². The van der Waals surface area contributed by atoms with Gasteiger partial charge < -0.3 is 19.4 Å². The minimum atomic E-state index is -0.462. The highest BCUT2D eigenvalue weighted by Gasteiger charge is 2.20. The molecule has 2 aromatic heterocycles. The smallest absolute Gasteiger partial charge is 0.261 e. The van der Waals surface area contributed by atoms with Gasteiger partial charge in [0.1, 0.15) is 18.2 Å². The third-order valence-corrected chi connectivity index (χ3v) is 5.18. The quantitative estimate of drug-likeness (QED) is 0.536. The number of carbonyl (C=O) groups excluding carboxylic acids is 1. The first kappa shape index (κ1) is 18.9. The van der Waals surface area contributed by atoms with E-state index in [1.165, 1.54) is 6.33 Å². The Kier molecular flexibility index (Phi) is 4.62. The lowest BCUT2D eigenvalue weighted by atomic mass is 10.1. The number of carbonyl (C=O) groups is 1. The molecule has 1 aliphatic rings. The molecule has 3 heterocycles. The van der Waals surface area contributed by atoms with Crippen LogP contribution in [0, 0.1) is 0 Å². The minimum Gasteiger partial charge on any atom is -0.454 e. The number of rotatable bonds is 5. The topological polar surface area (TPSA) is 100 Å². The normalized spacial score (nSPS) is 12.3. The second kappa shape index (κ2) is 7.60. The van der Waals surface area contributed by atoms with Crippen molar-refractivity contribution in [3.05, 3.63) is 76.6 Å². The molecule has 0 atom stereocenters. The second-order valence-corrected chi connectivity index (χ2v) is 7.12. The zero-order valence-corrected chi connectivity index (χ0v) is 16.7. The van der Waals surface area contributed by atoms with Gasteiger partial charge in [-0.25, -0.2) is 9.67 Å². The average Bonchev–Trinajstić information content (AvgIpc) is 3.46. The third-order valence-electron chi connectivity index (χ3n) is 5.18. The van der Waals surface area contributed by atoms with Crippen LogP contribution in [0.1, 0.15) is 22.8 Å². The fourth-order valence-electron chi connectivity index (χ4n) is 3.60. The molecule has 9 heteroatoms. The standard InChI is InChI=1S/C22H19N5O4/c1-2-26-10-17(21(28)16-7-19-20(8-18(16)26)31-13-30-19)22(29)25-15-5-3-14(4-6-15)9-27-12-23-11-24-27/h3-8,10-12H,2,9,13H2,1H3,(H,25,29). The largest absolute Gasteiger partial charge is 0.454 e. The molecule has 0 saturated heterocycles. The van der Waals surface area contributed by atoms with E-state index in [-0.39, 0.29) is 17.8 Å². The second-order valence-electron chi connectivity index (χ2n) is 7.12. The van der Waals surface area contributed by atoms with Gasteiger partial charge in [-0.3, -0.25) is 9.59 Å². The average molecular weight is 417 g/mol. The molecule has 0 saturated carbocycles. The first-order valence-corrected chi connectivity index (χ1v) is 9.82. The summed E-state index contributed by atoms with van der Waals surface area (Å²) >= 11 is 0. The van der Waals surface area contributed by atoms with Crippen molar-refractivity contribution in [2.24, 2.45) is 0 Å². The lowest BCUT2D eigenvalue weighted by molar-refractivity contribution is 0.102. The summed E-state index contributed by atoms with van der Waals surface area (Å²) in [6, 6.07) is 10.8. The van der Waals surface area contributed by atoms with E-state index in [1.807, 2.05) is 23.6 Å². The predicted molar refractivity (Wildman–Crippen MR) is 114 cm³/mol. The van der Waals surface area contributed by atoms with Gasteiger partial charge in [0.05, 0.1) is 17.4 Å². The fourth-order valence-corrected chi connectivity index (χ4v) is 3.60. The Morgan fingerprint density at radius 3 is 2.65 bits per heavy atom. The molecule has 156 valence electrons. The molecule has 1 N–H and O–H groups in total. The zero-order chi connectivity index (χ0) is 21.4. The Balaban J connectivity index is 1.43. The number of nitrogens with one attached hydrogen (secondary N) is 1. The number of benzene rings is 2. The van der Waals surface area contributed by atoms with Crippen LogP contribution >= 0.6 is 0 Å². The number of ether oxygens (including phenoxy) is 2. The maximum atomic E-state index is 13.1. The Hall–Kier alpha value is -4.14. The van der Waals surface area contributed by atoms with Gasteiger partial charge in [0.2, 0.25) is 12.2 Å². The van der Waals surface area contributed by atoms with Gasteiger partial charge in [-0.2, -0.15) is 5.10 Å². The molecule has 0 fully saturated rings. The Morgan fingerprint density at radius 1 is 1.16 bits per heavy atom. The monoisotopic (exact) mass is 417 g/mol. The molecule has 0 spiro atoms. The van der Waals surface area contributed by atoms with Crippen LogP contribution in [0.5, 0.6) is 11.5 Å². The number of nitrogens with zero attached hydrogens (tertiary/aromatic N) is 4. The van der Waals surface area contributed by atoms with Gasteiger partial charge in [0.25, 0.3) is 5.91 Å². The number of pyridine rings is 1. The van der Waals surface area contributed by atoms with Crippen LogP contribution in [0.2, 0.25) is 0 Å². The van der Waals surface area contributed by atoms with Crippen LogP contribution in [0.25, 0.3) is 10.9 Å². The van der Waals surface area contributed by atoms with Gasteiger partial charge in [-0.1, -0.05) is 12.1 Å². The molecule has 31 heavy (non-hydrogen) atoms. The molecule has 5 rings (SSSR count). The summed E-state index contributed by atoms with van der Waals surface area (Å²) < 4.78 is 14.4. The van der Waals surface area contributed by atoms with Crippen molar-refractivity contribution in [2.75, 3.05) is 12.1 Å². The maximum absolute atomic E-state index is 13.1. The maximum Gasteiger partial charge on any atom is 0.261 e. The molecule has 2 aromatic carbocycles. The van der Waals surface area contributed by atoms with Crippen LogP contribution in [-0.4, -0.2) is 32.0 Å². The summed E-state index contributed by atoms with van der Waals surface area (Å²) in [6.07, 6.45) is 4.71. The molecule has 0 unspecified atom stereocenters. The van der Waals surface area contributed by atoms with E-state index in [0.717, 1.165) is 5.56 Å². The van der Waals surface area contributed by atoms with Gasteiger partial charge in [-0.15, -0.1) is 0 Å². The number of aryl methyl sites for hydroxylation is 1. The van der Waals surface area contributed by atoms with Gasteiger partial charge in [0.15, 0.2) is 11.5 Å². The summed E-state index contributed by atoms with van der Waals surface area (Å²) in [5.41, 5.74) is 2.03. The van der Waals surface area contributed by atoms with Crippen LogP contribution in [0.3, 0.4) is 0 Å². The molecule has 0 bridgehead atoms. The first-order chi connectivity index (χ1) is 15.1. The number of anilines is 1. The molecule has 0 radical (unpaired) electrons. The number of hydrogen-bond donors (Lipinski definition) is 1. The molecular weight excluding hydrogens is 398 g/mol. The van der Waals surface area contributed by atoms with E-state index >= 15 is 0 Å². The van der Waals surface area contributed by atoms with E-state index in [4.69, 9.17) is 9.47 Å². The van der Waals surface area contributed by atoms with Crippen molar-refractivity contribution in [3.8, 4) is 11.5 Å². The highest BCUT2D eigenvalue weighted by Crippen LogP contribution is 2.35. The molecular formula is C22H19N5O4. The van der Waals surface area contributed by atoms with Crippen molar-refractivity contribution < 1.29 is 14.3 Å². The van der Waals surface area contributed by atoms with Crippen molar-refractivity contribution in [1.29, 1.82) is 0 Å². The Labute approximate surface area is 176 Å². The van der Waals surface area contributed by atoms with Crippen LogP contribution < -0.4 is 20.2 Å². The van der Waals surface area contributed by atoms with Crippen molar-refractivity contribution >= 4 is 22.5 Å². The summed E-state index contributed by atoms with van der Waals surface area (Å²) in [5.74, 6) is 0.640. The highest BCUT2D eigenvalue weighted by atomic mass is 16.7. The number of aromatic nitrogens is 4. The molecule has 4 aromatic rings. The van der Waals surface area contributed by atoms with Gasteiger partial charge >= 0.3 is 0 Å². The number of amides is 1. The van der Waals surface area contributed by atoms with Gasteiger partial charge in [0, 0.05) is 24.5 Å². The minimum absolute atomic E-state index is 0.0694. The molecule has 1 aliphatic heterocycles. The summed E-state index contributed by atoms with van der Waals surface area (Å²) in [6.45, 7) is 3.24.